The average Bonchev–Trinajstić information content (AvgIpc) is 3.02. The SMILES string of the molecule is CC/C=C(/CNc1nonc1Nc1cccc(C=O)c1O)OCC. The fourth-order valence-electron chi connectivity index (χ4n) is 2.04. The van der Waals surface area contributed by atoms with Gasteiger partial charge in [-0.15, -0.1) is 0 Å². The van der Waals surface area contributed by atoms with Gasteiger partial charge < -0.3 is 20.5 Å². The zero-order valence-corrected chi connectivity index (χ0v) is 13.6. The summed E-state index contributed by atoms with van der Waals surface area (Å²) in [6, 6.07) is 4.77. The molecule has 0 aliphatic rings. The molecule has 1 heterocycles. The third kappa shape index (κ3) is 4.25. The maximum atomic E-state index is 10.9. The van der Waals surface area contributed by atoms with Crippen molar-refractivity contribution < 1.29 is 19.3 Å². The van der Waals surface area contributed by atoms with Crippen molar-refractivity contribution in [2.75, 3.05) is 23.8 Å². The first kappa shape index (κ1) is 17.3. The number of carbonyl (C=O) groups is 1. The Balaban J connectivity index is 2.10. The molecule has 0 radical (unpaired) electrons. The van der Waals surface area contributed by atoms with Crippen LogP contribution in [-0.4, -0.2) is 34.9 Å². The number of phenolic OH excluding ortho intramolecular Hbond substituents is 1. The van der Waals surface area contributed by atoms with E-state index in [0.29, 0.717) is 36.8 Å². The molecule has 0 saturated heterocycles. The second-order valence-corrected chi connectivity index (χ2v) is 4.81. The van der Waals surface area contributed by atoms with Crippen LogP contribution in [0.25, 0.3) is 0 Å². The Morgan fingerprint density at radius 1 is 1.33 bits per heavy atom. The molecule has 0 aliphatic carbocycles. The molecule has 0 spiro atoms. The van der Waals surface area contributed by atoms with E-state index in [1.807, 2.05) is 19.9 Å². The first-order valence-electron chi connectivity index (χ1n) is 7.62. The normalized spacial score (nSPS) is 11.2. The van der Waals surface area contributed by atoms with E-state index in [4.69, 9.17) is 9.37 Å². The van der Waals surface area contributed by atoms with Crippen molar-refractivity contribution in [3.63, 3.8) is 0 Å². The molecule has 0 unspecified atom stereocenters. The van der Waals surface area contributed by atoms with Gasteiger partial charge in [-0.25, -0.2) is 4.63 Å². The molecule has 8 nitrogen and oxygen atoms in total. The highest BCUT2D eigenvalue weighted by Gasteiger charge is 2.14. The Morgan fingerprint density at radius 2 is 2.12 bits per heavy atom. The van der Waals surface area contributed by atoms with Crippen LogP contribution >= 0.6 is 0 Å². The number of ether oxygens (including phenoxy) is 1. The maximum Gasteiger partial charge on any atom is 0.219 e. The number of aromatic nitrogens is 2. The highest BCUT2D eigenvalue weighted by atomic mass is 16.6. The van der Waals surface area contributed by atoms with Gasteiger partial charge in [0.1, 0.15) is 11.5 Å². The van der Waals surface area contributed by atoms with Crippen molar-refractivity contribution in [1.29, 1.82) is 0 Å². The molecule has 0 aliphatic heterocycles. The van der Waals surface area contributed by atoms with E-state index in [9.17, 15) is 9.90 Å². The highest BCUT2D eigenvalue weighted by Crippen LogP contribution is 2.30. The fourth-order valence-corrected chi connectivity index (χ4v) is 2.04. The molecule has 2 aromatic rings. The van der Waals surface area contributed by atoms with Gasteiger partial charge in [-0.05, 0) is 41.9 Å². The summed E-state index contributed by atoms with van der Waals surface area (Å²) in [5, 5.41) is 23.5. The quantitative estimate of drug-likeness (QED) is 0.365. The molecule has 0 atom stereocenters. The molecule has 2 rings (SSSR count). The molecule has 0 fully saturated rings. The lowest BCUT2D eigenvalue weighted by atomic mass is 10.2. The number of allylic oxidation sites excluding steroid dienone is 1. The lowest BCUT2D eigenvalue weighted by molar-refractivity contribution is 0.112. The number of rotatable bonds is 9. The number of aromatic hydroxyl groups is 1. The molecule has 0 amide bonds. The number of para-hydroxylation sites is 1. The Morgan fingerprint density at radius 3 is 2.83 bits per heavy atom. The van der Waals surface area contributed by atoms with Gasteiger partial charge in [0.25, 0.3) is 0 Å². The van der Waals surface area contributed by atoms with Crippen LogP contribution in [-0.2, 0) is 4.74 Å². The van der Waals surface area contributed by atoms with E-state index in [2.05, 4.69) is 20.9 Å². The molecular formula is C16H20N4O4. The molecule has 0 bridgehead atoms. The first-order valence-corrected chi connectivity index (χ1v) is 7.62. The monoisotopic (exact) mass is 332 g/mol. The molecule has 1 aromatic heterocycles. The van der Waals surface area contributed by atoms with Crippen LogP contribution in [0.3, 0.4) is 0 Å². The van der Waals surface area contributed by atoms with Crippen molar-refractivity contribution in [3.05, 3.63) is 35.6 Å². The number of aldehydes is 1. The minimum atomic E-state index is -0.165. The van der Waals surface area contributed by atoms with Gasteiger partial charge in [0, 0.05) is 0 Å². The Bertz CT molecular complexity index is 712. The molecular weight excluding hydrogens is 312 g/mol. The van der Waals surface area contributed by atoms with Gasteiger partial charge in [0.15, 0.2) is 6.29 Å². The Hall–Kier alpha value is -3.03. The van der Waals surface area contributed by atoms with E-state index >= 15 is 0 Å². The zero-order valence-electron chi connectivity index (χ0n) is 13.6. The van der Waals surface area contributed by atoms with Crippen LogP contribution in [0.4, 0.5) is 17.3 Å². The van der Waals surface area contributed by atoms with Crippen molar-refractivity contribution in [1.82, 2.24) is 10.3 Å². The van der Waals surface area contributed by atoms with Crippen LogP contribution in [0.15, 0.2) is 34.7 Å². The minimum Gasteiger partial charge on any atom is -0.505 e. The summed E-state index contributed by atoms with van der Waals surface area (Å²) in [5.41, 5.74) is 0.503. The zero-order chi connectivity index (χ0) is 17.4. The summed E-state index contributed by atoms with van der Waals surface area (Å²) in [7, 11) is 0. The lowest BCUT2D eigenvalue weighted by Gasteiger charge is -2.11. The average molecular weight is 332 g/mol. The number of benzene rings is 1. The maximum absolute atomic E-state index is 10.9. The van der Waals surface area contributed by atoms with Crippen LogP contribution in [0.1, 0.15) is 30.6 Å². The minimum absolute atomic E-state index is 0.165. The van der Waals surface area contributed by atoms with Gasteiger partial charge >= 0.3 is 0 Å². The van der Waals surface area contributed by atoms with Gasteiger partial charge in [-0.2, -0.15) is 0 Å². The van der Waals surface area contributed by atoms with Gasteiger partial charge in [-0.1, -0.05) is 13.0 Å². The number of carbonyl (C=O) groups excluding carboxylic acids is 1. The summed E-state index contributed by atoms with van der Waals surface area (Å²) in [6.07, 6.45) is 3.40. The predicted molar refractivity (Wildman–Crippen MR) is 89.6 cm³/mol. The molecule has 0 saturated carbocycles. The number of nitrogens with one attached hydrogen (secondary N) is 2. The Kier molecular flexibility index (Phi) is 6.18. The second-order valence-electron chi connectivity index (χ2n) is 4.81. The highest BCUT2D eigenvalue weighted by molar-refractivity contribution is 5.85. The van der Waals surface area contributed by atoms with E-state index in [1.54, 1.807) is 12.1 Å². The van der Waals surface area contributed by atoms with Crippen molar-refractivity contribution in [2.24, 2.45) is 0 Å². The van der Waals surface area contributed by atoms with E-state index in [1.165, 1.54) is 6.07 Å². The smallest absolute Gasteiger partial charge is 0.219 e. The summed E-state index contributed by atoms with van der Waals surface area (Å²) < 4.78 is 10.2. The van der Waals surface area contributed by atoms with Crippen LogP contribution in [0, 0.1) is 0 Å². The molecule has 1 aromatic carbocycles. The molecule has 8 heteroatoms. The van der Waals surface area contributed by atoms with Gasteiger partial charge in [-0.3, -0.25) is 4.79 Å². The van der Waals surface area contributed by atoms with Crippen LogP contribution in [0.2, 0.25) is 0 Å². The first-order chi connectivity index (χ1) is 11.7. The van der Waals surface area contributed by atoms with Crippen LogP contribution < -0.4 is 10.6 Å². The Labute approximate surface area is 139 Å². The van der Waals surface area contributed by atoms with Crippen molar-refractivity contribution >= 4 is 23.6 Å². The predicted octanol–water partition coefficient (Wildman–Crippen LogP) is 3.07. The number of phenols is 1. The lowest BCUT2D eigenvalue weighted by Crippen LogP contribution is -2.09. The number of hydrogen-bond donors (Lipinski definition) is 3. The van der Waals surface area contributed by atoms with Crippen molar-refractivity contribution in [2.45, 2.75) is 20.3 Å². The number of anilines is 3. The van der Waals surface area contributed by atoms with Crippen LogP contribution in [0.5, 0.6) is 5.75 Å². The molecule has 3 N–H and O–H groups in total. The summed E-state index contributed by atoms with van der Waals surface area (Å²) in [4.78, 5) is 10.9. The third-order valence-corrected chi connectivity index (χ3v) is 3.13. The van der Waals surface area contributed by atoms with E-state index in [-0.39, 0.29) is 11.3 Å². The third-order valence-electron chi connectivity index (χ3n) is 3.13. The van der Waals surface area contributed by atoms with E-state index < -0.39 is 0 Å². The number of hydrogen-bond acceptors (Lipinski definition) is 8. The molecule has 24 heavy (non-hydrogen) atoms. The fraction of sp³-hybridized carbons (Fsp3) is 0.312. The van der Waals surface area contributed by atoms with Crippen molar-refractivity contribution in [3.8, 4) is 5.75 Å². The summed E-state index contributed by atoms with van der Waals surface area (Å²) in [5.74, 6) is 1.29. The van der Waals surface area contributed by atoms with Gasteiger partial charge in [0.05, 0.1) is 24.4 Å². The van der Waals surface area contributed by atoms with Gasteiger partial charge in [0.2, 0.25) is 11.6 Å². The summed E-state index contributed by atoms with van der Waals surface area (Å²) in [6.45, 7) is 4.93. The standard InChI is InChI=1S/C16H20N4O4/c1-3-6-12(23-4-2)9-17-15-16(20-24-19-15)18-13-8-5-7-11(10-21)14(13)22/h5-8,10,22H,3-4,9H2,1-2H3,(H,17,19)(H,18,20)/b12-6-. The largest absolute Gasteiger partial charge is 0.505 e. The summed E-state index contributed by atoms with van der Waals surface area (Å²) >= 11 is 0. The number of nitrogens with zero attached hydrogens (tertiary/aromatic N) is 2. The topological polar surface area (TPSA) is 110 Å². The molecule has 128 valence electrons. The second kappa shape index (κ2) is 8.56. The van der Waals surface area contributed by atoms with E-state index in [0.717, 1.165) is 12.2 Å².